The molecule has 1 aromatic heterocycles. The molecule has 2 aliphatic heterocycles. The van der Waals surface area contributed by atoms with Gasteiger partial charge in [-0.1, -0.05) is 0 Å². The van der Waals surface area contributed by atoms with E-state index in [1.54, 1.807) is 4.90 Å². The predicted molar refractivity (Wildman–Crippen MR) is 114 cm³/mol. The number of anilines is 2. The van der Waals surface area contributed by atoms with Crippen molar-refractivity contribution in [1.29, 1.82) is 0 Å². The van der Waals surface area contributed by atoms with Crippen LogP contribution in [-0.4, -0.2) is 54.9 Å². The van der Waals surface area contributed by atoms with Gasteiger partial charge in [0.05, 0.1) is 6.10 Å². The number of carbonyl (C=O) groups excluding carboxylic acids is 1. The Bertz CT molecular complexity index is 1130. The Balaban J connectivity index is 1.32. The largest absolute Gasteiger partial charge is 0.481 e. The molecule has 0 bridgehead atoms. The Kier molecular flexibility index (Phi) is 6.29. The highest BCUT2D eigenvalue weighted by Gasteiger charge is 2.46. The molecule has 3 fully saturated rings. The summed E-state index contributed by atoms with van der Waals surface area (Å²) < 4.78 is 97.6. The molecule has 5 rings (SSSR count). The second-order valence-electron chi connectivity index (χ2n) is 9.28. The second kappa shape index (κ2) is 9.16. The van der Waals surface area contributed by atoms with Crippen LogP contribution in [0.5, 0.6) is 5.75 Å². The average molecular weight is 519 g/mol. The van der Waals surface area contributed by atoms with Crippen LogP contribution in [0.4, 0.5) is 38.0 Å². The van der Waals surface area contributed by atoms with Gasteiger partial charge in [-0.25, -0.2) is 13.2 Å². The van der Waals surface area contributed by atoms with Crippen molar-refractivity contribution in [3.8, 4) is 5.75 Å². The number of halogens is 6. The third kappa shape index (κ3) is 5.11. The van der Waals surface area contributed by atoms with E-state index in [-0.39, 0.29) is 43.0 Å². The van der Waals surface area contributed by atoms with Crippen molar-refractivity contribution < 1.29 is 45.0 Å². The van der Waals surface area contributed by atoms with Gasteiger partial charge in [-0.05, 0) is 31.4 Å². The van der Waals surface area contributed by atoms with Gasteiger partial charge in [0.25, 0.3) is 17.8 Å². The smallest absolute Gasteiger partial charge is 0.396 e. The van der Waals surface area contributed by atoms with Crippen LogP contribution in [0.3, 0.4) is 0 Å². The Labute approximate surface area is 201 Å². The first kappa shape index (κ1) is 24.7. The first-order valence-electron chi connectivity index (χ1n) is 11.6. The SMILES string of the molecule is O=C(Nc1ccc(OC2CCCC2(F)F)c(F)c1)c1nc(N2CC3CCOC3C2)oc1CC(F)(F)F. The van der Waals surface area contributed by atoms with Crippen LogP contribution in [0.2, 0.25) is 0 Å². The lowest BCUT2D eigenvalue weighted by atomic mass is 10.1. The topological polar surface area (TPSA) is 76.8 Å². The number of carbonyl (C=O) groups is 1. The molecular formula is C23H23F6N3O4. The van der Waals surface area contributed by atoms with Crippen LogP contribution < -0.4 is 15.0 Å². The van der Waals surface area contributed by atoms with Gasteiger partial charge < -0.3 is 24.1 Å². The Morgan fingerprint density at radius 1 is 1.25 bits per heavy atom. The lowest BCUT2D eigenvalue weighted by molar-refractivity contribution is -0.130. The molecule has 0 spiro atoms. The van der Waals surface area contributed by atoms with Crippen LogP contribution in [0.1, 0.15) is 41.9 Å². The van der Waals surface area contributed by atoms with E-state index < -0.39 is 53.6 Å². The molecule has 3 unspecified atom stereocenters. The number of hydrogen-bond acceptors (Lipinski definition) is 6. The van der Waals surface area contributed by atoms with Crippen molar-refractivity contribution in [2.24, 2.45) is 5.92 Å². The quantitative estimate of drug-likeness (QED) is 0.544. The third-order valence-electron chi connectivity index (χ3n) is 6.64. The van der Waals surface area contributed by atoms with Gasteiger partial charge in [0.15, 0.2) is 23.4 Å². The first-order valence-corrected chi connectivity index (χ1v) is 11.6. The normalized spacial score (nSPS) is 25.3. The van der Waals surface area contributed by atoms with Crippen LogP contribution >= 0.6 is 0 Å². The zero-order valence-corrected chi connectivity index (χ0v) is 18.9. The fraction of sp³-hybridized carbons (Fsp3) is 0.565. The van der Waals surface area contributed by atoms with Gasteiger partial charge >= 0.3 is 6.18 Å². The summed E-state index contributed by atoms with van der Waals surface area (Å²) in [5.74, 6) is -5.99. The molecule has 1 amide bonds. The number of benzene rings is 1. The van der Waals surface area contributed by atoms with Gasteiger partial charge in [-0.15, -0.1) is 0 Å². The van der Waals surface area contributed by atoms with Crippen LogP contribution in [0.25, 0.3) is 0 Å². The minimum absolute atomic E-state index is 0.0754. The zero-order valence-electron chi connectivity index (χ0n) is 18.9. The molecule has 1 aliphatic carbocycles. The fourth-order valence-electron chi connectivity index (χ4n) is 4.85. The summed E-state index contributed by atoms with van der Waals surface area (Å²) in [4.78, 5) is 18.5. The highest BCUT2D eigenvalue weighted by molar-refractivity contribution is 6.03. The molecule has 1 aromatic carbocycles. The number of ether oxygens (including phenoxy) is 2. The number of nitrogens with zero attached hydrogens (tertiary/aromatic N) is 2. The van der Waals surface area contributed by atoms with Crippen LogP contribution in [-0.2, 0) is 11.2 Å². The highest BCUT2D eigenvalue weighted by atomic mass is 19.4. The van der Waals surface area contributed by atoms with Crippen molar-refractivity contribution >= 4 is 17.6 Å². The summed E-state index contributed by atoms with van der Waals surface area (Å²) in [6.07, 6.45) is -6.92. The maximum Gasteiger partial charge on any atom is 0.396 e. The Hall–Kier alpha value is -2.96. The van der Waals surface area contributed by atoms with Crippen molar-refractivity contribution in [2.45, 2.75) is 56.4 Å². The van der Waals surface area contributed by atoms with E-state index in [1.807, 2.05) is 0 Å². The molecule has 2 aromatic rings. The number of hydrogen-bond donors (Lipinski definition) is 1. The van der Waals surface area contributed by atoms with E-state index >= 15 is 0 Å². The summed E-state index contributed by atoms with van der Waals surface area (Å²) >= 11 is 0. The van der Waals surface area contributed by atoms with Gasteiger partial charge in [-0.3, -0.25) is 4.79 Å². The van der Waals surface area contributed by atoms with Crippen LogP contribution in [0.15, 0.2) is 22.6 Å². The highest BCUT2D eigenvalue weighted by Crippen LogP contribution is 2.39. The zero-order chi connectivity index (χ0) is 25.7. The number of amides is 1. The maximum absolute atomic E-state index is 14.5. The molecular weight excluding hydrogens is 496 g/mol. The van der Waals surface area contributed by atoms with Gasteiger partial charge in [0.2, 0.25) is 0 Å². The molecule has 196 valence electrons. The average Bonchev–Trinajstić information content (AvgIpc) is 3.52. The molecule has 3 heterocycles. The molecule has 36 heavy (non-hydrogen) atoms. The fourth-order valence-corrected chi connectivity index (χ4v) is 4.85. The van der Waals surface area contributed by atoms with Crippen molar-refractivity contribution in [1.82, 2.24) is 4.98 Å². The molecule has 7 nitrogen and oxygen atoms in total. The van der Waals surface area contributed by atoms with Crippen molar-refractivity contribution in [2.75, 3.05) is 29.9 Å². The van der Waals surface area contributed by atoms with Gasteiger partial charge in [0, 0.05) is 43.8 Å². The van der Waals surface area contributed by atoms with Crippen LogP contribution in [0, 0.1) is 11.7 Å². The van der Waals surface area contributed by atoms with E-state index in [1.165, 1.54) is 6.07 Å². The summed E-state index contributed by atoms with van der Waals surface area (Å²) in [7, 11) is 0. The first-order chi connectivity index (χ1) is 17.0. The predicted octanol–water partition coefficient (Wildman–Crippen LogP) is 4.96. The van der Waals surface area contributed by atoms with Crippen molar-refractivity contribution in [3.63, 3.8) is 0 Å². The number of nitrogens with one attached hydrogen (secondary N) is 1. The van der Waals surface area contributed by atoms with E-state index in [2.05, 4.69) is 10.3 Å². The van der Waals surface area contributed by atoms with E-state index in [9.17, 15) is 31.1 Å². The van der Waals surface area contributed by atoms with Crippen molar-refractivity contribution in [3.05, 3.63) is 35.5 Å². The number of fused-ring (bicyclic) bond motifs is 1. The molecule has 2 saturated heterocycles. The number of oxazole rings is 1. The maximum atomic E-state index is 14.5. The molecule has 1 N–H and O–H groups in total. The number of alkyl halides is 5. The summed E-state index contributed by atoms with van der Waals surface area (Å²) in [5.41, 5.74) is -0.693. The molecule has 0 radical (unpaired) electrons. The van der Waals surface area contributed by atoms with Gasteiger partial charge in [-0.2, -0.15) is 18.2 Å². The third-order valence-corrected chi connectivity index (χ3v) is 6.64. The monoisotopic (exact) mass is 519 g/mol. The minimum Gasteiger partial charge on any atom is -0.481 e. The lowest BCUT2D eigenvalue weighted by Crippen LogP contribution is -2.32. The van der Waals surface area contributed by atoms with E-state index in [0.29, 0.717) is 19.7 Å². The van der Waals surface area contributed by atoms with Gasteiger partial charge in [0.1, 0.15) is 12.2 Å². The molecule has 13 heteroatoms. The number of aromatic nitrogens is 1. The van der Waals surface area contributed by atoms with E-state index in [4.69, 9.17) is 13.9 Å². The Morgan fingerprint density at radius 3 is 2.72 bits per heavy atom. The summed E-state index contributed by atoms with van der Waals surface area (Å²) in [6, 6.07) is 2.99. The summed E-state index contributed by atoms with van der Waals surface area (Å²) in [6.45, 7) is 1.47. The number of rotatable bonds is 6. The molecule has 3 aliphatic rings. The Morgan fingerprint density at radius 2 is 2.06 bits per heavy atom. The summed E-state index contributed by atoms with van der Waals surface area (Å²) in [5, 5.41) is 2.29. The standard InChI is InChI=1S/C23H23F6N3O4/c24-14-8-13(3-4-15(14)35-18-2-1-6-22(18,25)26)30-20(33)19-16(9-23(27,28)29)36-21(31-19)32-10-12-5-7-34-17(12)11-32/h3-4,8,12,17-18H,1-2,5-7,9-11H2,(H,30,33). The molecule has 1 saturated carbocycles. The lowest BCUT2D eigenvalue weighted by Gasteiger charge is -2.21. The minimum atomic E-state index is -4.66. The van der Waals surface area contributed by atoms with E-state index in [0.717, 1.165) is 18.6 Å². The second-order valence-corrected chi connectivity index (χ2v) is 9.28. The molecule has 3 atom stereocenters.